The second-order valence-corrected chi connectivity index (χ2v) is 5.95. The summed E-state index contributed by atoms with van der Waals surface area (Å²) in [5.41, 5.74) is 0.179. The van der Waals surface area contributed by atoms with E-state index in [9.17, 15) is 5.21 Å². The van der Waals surface area contributed by atoms with Crippen LogP contribution < -0.4 is 0 Å². The zero-order chi connectivity index (χ0) is 17.8. The molecule has 0 bridgehead atoms. The summed E-state index contributed by atoms with van der Waals surface area (Å²) in [5.74, 6) is 0. The van der Waals surface area contributed by atoms with Gasteiger partial charge in [-0.1, -0.05) is 51.6 Å². The number of hydrogen-bond donors (Lipinski definition) is 1. The Morgan fingerprint density at radius 1 is 1.00 bits per heavy atom. The van der Waals surface area contributed by atoms with Gasteiger partial charge in [0.1, 0.15) is 0 Å². The Balaban J connectivity index is 0. The van der Waals surface area contributed by atoms with Gasteiger partial charge in [-0.15, -0.1) is 18.2 Å². The molecule has 0 aliphatic heterocycles. The summed E-state index contributed by atoms with van der Waals surface area (Å²) in [6.07, 6.45) is 1.82. The van der Waals surface area contributed by atoms with Gasteiger partial charge in [0.15, 0.2) is 0 Å². The van der Waals surface area contributed by atoms with Crippen LogP contribution in [0.4, 0.5) is 0 Å². The van der Waals surface area contributed by atoms with Crippen molar-refractivity contribution in [2.24, 2.45) is 10.3 Å². The van der Waals surface area contributed by atoms with E-state index in [2.05, 4.69) is 20.9 Å². The van der Waals surface area contributed by atoms with E-state index in [0.29, 0.717) is 24.5 Å². The quantitative estimate of drug-likeness (QED) is 0.276. The number of unbranched alkanes of at least 4 members (excludes halogenated alkanes) is 1. The molecule has 0 aliphatic carbocycles. The normalized spacial score (nSPS) is 13.5. The average molecular weight is 397 g/mol. The molecule has 22 heavy (non-hydrogen) atoms. The van der Waals surface area contributed by atoms with E-state index in [1.54, 1.807) is 13.8 Å². The van der Waals surface area contributed by atoms with Gasteiger partial charge in [-0.25, -0.2) is 0 Å². The Morgan fingerprint density at radius 2 is 1.36 bits per heavy atom. The van der Waals surface area contributed by atoms with Crippen LogP contribution in [0, 0.1) is 5.21 Å². The van der Waals surface area contributed by atoms with Crippen molar-refractivity contribution in [1.82, 2.24) is 0 Å². The minimum absolute atomic E-state index is 0.434. The second-order valence-electron chi connectivity index (χ2n) is 5.95. The second kappa shape index (κ2) is 11.8. The molecule has 0 saturated heterocycles. The van der Waals surface area contributed by atoms with Gasteiger partial charge < -0.3 is 26.2 Å². The molecule has 0 aromatic heterocycles. The predicted octanol–water partition coefficient (Wildman–Crippen LogP) is 3.76. The monoisotopic (exact) mass is 396 g/mol. The van der Waals surface area contributed by atoms with Gasteiger partial charge in [0.25, 0.3) is 0 Å². The number of rotatable bonds is 9. The van der Waals surface area contributed by atoms with Crippen LogP contribution in [0.15, 0.2) is 10.3 Å². The van der Waals surface area contributed by atoms with E-state index in [1.165, 1.54) is 0 Å². The summed E-state index contributed by atoms with van der Waals surface area (Å²) >= 11 is 0.900. The summed E-state index contributed by atoms with van der Waals surface area (Å²) in [4.78, 5) is 0. The van der Waals surface area contributed by atoms with Crippen molar-refractivity contribution in [2.75, 3.05) is 13.1 Å². The van der Waals surface area contributed by atoms with Gasteiger partial charge >= 0.3 is 22.4 Å². The van der Waals surface area contributed by atoms with E-state index in [4.69, 9.17) is 8.71 Å². The Hall–Kier alpha value is -0.691. The molecule has 1 N–H and O–H groups in total. The molecule has 0 amide bonds. The van der Waals surface area contributed by atoms with E-state index >= 15 is 0 Å². The molecule has 0 radical (unpaired) electrons. The van der Waals surface area contributed by atoms with Crippen molar-refractivity contribution in [1.29, 1.82) is 0 Å². The van der Waals surface area contributed by atoms with Crippen LogP contribution in [-0.4, -0.2) is 40.8 Å². The number of nitrogens with zero attached hydrogens (tertiary/aromatic N) is 4. The van der Waals surface area contributed by atoms with Crippen LogP contribution in [0.3, 0.4) is 0 Å². The van der Waals surface area contributed by atoms with Gasteiger partial charge in [0.2, 0.25) is 0 Å². The van der Waals surface area contributed by atoms with E-state index in [-0.39, 0.29) is 0 Å². The van der Waals surface area contributed by atoms with Crippen molar-refractivity contribution in [3.05, 3.63) is 15.8 Å². The van der Waals surface area contributed by atoms with Crippen LogP contribution in [0.1, 0.15) is 54.4 Å². The zero-order valence-corrected chi connectivity index (χ0v) is 16.1. The van der Waals surface area contributed by atoms with Gasteiger partial charge in [-0.3, -0.25) is 0 Å². The summed E-state index contributed by atoms with van der Waals surface area (Å²) in [5, 5.41) is 34.4. The molecule has 0 unspecified atom stereocenters. The van der Waals surface area contributed by atoms with Crippen LogP contribution in [0.2, 0.25) is 0 Å². The molecule has 8 heteroatoms. The Kier molecular flexibility index (Phi) is 12.7. The molecule has 0 atom stereocenters. The average Bonchev–Trinajstić information content (AvgIpc) is 2.50. The first-order valence-corrected chi connectivity index (χ1v) is 7.82. The van der Waals surface area contributed by atoms with E-state index in [0.717, 1.165) is 31.7 Å². The maximum absolute atomic E-state index is 10.5. The minimum atomic E-state index is -0.488. The summed E-state index contributed by atoms with van der Waals surface area (Å²) in [6, 6.07) is 0. The first kappa shape index (κ1) is 23.6. The molecule has 0 rings (SSSR count). The summed E-state index contributed by atoms with van der Waals surface area (Å²) in [6.45, 7) is 12.5. The van der Waals surface area contributed by atoms with Crippen molar-refractivity contribution < 1.29 is 27.6 Å². The molecule has 0 saturated carbocycles. The molecule has 0 aromatic carbocycles. The zero-order valence-electron chi connectivity index (χ0n) is 14.3. The third kappa shape index (κ3) is 9.35. The van der Waals surface area contributed by atoms with Crippen LogP contribution in [-0.2, 0) is 22.4 Å². The van der Waals surface area contributed by atoms with Crippen LogP contribution >= 0.6 is 0 Å². The first-order valence-electron chi connectivity index (χ1n) is 7.06. The predicted molar refractivity (Wildman–Crippen MR) is 85.9 cm³/mol. The molecule has 128 valence electrons. The van der Waals surface area contributed by atoms with Crippen molar-refractivity contribution in [2.45, 2.75) is 65.5 Å². The topological polar surface area (TPSA) is 113 Å². The molecule has 0 aliphatic rings. The van der Waals surface area contributed by atoms with Crippen LogP contribution in [0.25, 0.3) is 10.6 Å². The number of hydrogen-bond acceptors (Lipinski definition) is 5. The Labute approximate surface area is 144 Å². The van der Waals surface area contributed by atoms with E-state index < -0.39 is 11.1 Å². The summed E-state index contributed by atoms with van der Waals surface area (Å²) < 4.78 is 8.22. The molecule has 0 spiro atoms. The van der Waals surface area contributed by atoms with Gasteiger partial charge in [0.05, 0.1) is 0 Å². The number of oxime groups is 1. The third-order valence-corrected chi connectivity index (χ3v) is 3.64. The fourth-order valence-corrected chi connectivity index (χ4v) is 1.40. The van der Waals surface area contributed by atoms with Crippen molar-refractivity contribution in [3.63, 3.8) is 0 Å². The van der Waals surface area contributed by atoms with Gasteiger partial charge in [-0.05, 0) is 19.6 Å². The summed E-state index contributed by atoms with van der Waals surface area (Å²) in [7, 11) is 0. The van der Waals surface area contributed by atoms with Crippen molar-refractivity contribution in [3.8, 4) is 0 Å². The first-order chi connectivity index (χ1) is 10.2. The molecule has 0 aromatic rings. The standard InChI is InChI=1S/C14H28N4O2.O.Tc/c1-11(17-19)13(3,4)15-9-7-8-10-16-14(5,6)12(2)18-20;;/h19-20H,7-10H2,1-6H3;;/q-2;;+3/p-1/b17-11+,18-12+;;. The fourth-order valence-electron chi connectivity index (χ4n) is 1.40. The third-order valence-electron chi connectivity index (χ3n) is 3.64. The van der Waals surface area contributed by atoms with Crippen LogP contribution in [0.5, 0.6) is 0 Å². The van der Waals surface area contributed by atoms with Gasteiger partial charge in [0, 0.05) is 5.71 Å². The maximum atomic E-state index is 10.5. The Morgan fingerprint density at radius 3 is 1.68 bits per heavy atom. The molecule has 0 heterocycles. The van der Waals surface area contributed by atoms with E-state index in [1.807, 2.05) is 27.7 Å². The molecule has 0 fully saturated rings. The van der Waals surface area contributed by atoms with Gasteiger partial charge in [-0.2, -0.15) is 0 Å². The fraction of sp³-hybridized carbons (Fsp3) is 0.857. The molecule has 7 nitrogen and oxygen atoms in total. The van der Waals surface area contributed by atoms with Crippen molar-refractivity contribution >= 4 is 11.4 Å². The molecular weight excluding hydrogens is 370 g/mol. The SMILES string of the molecule is C/C(=N\[O-])C(C)(C)[N-]CCCC[N-]C(C)(C)/C(C)=N/O.[O]=[Tc+3]. The Bertz CT molecular complexity index is 337. The molecular formula is C14H27N4O3Tc.